The Morgan fingerprint density at radius 1 is 1.37 bits per heavy atom. The summed E-state index contributed by atoms with van der Waals surface area (Å²) in [5.41, 5.74) is 1.38. The Bertz CT molecular complexity index is 664. The first-order chi connectivity index (χ1) is 12.6. The second kappa shape index (κ2) is 9.09. The van der Waals surface area contributed by atoms with Crippen LogP contribution in [0.25, 0.3) is 0 Å². The SMILES string of the molecule is CC(C)COC(C)(C)CONc1ccn([C@@H]2O[C@H](CO)[C@@H](O)[C@H]2O)c(=O)n1. The molecule has 0 amide bonds. The quantitative estimate of drug-likeness (QED) is 0.419. The topological polar surface area (TPSA) is 135 Å². The number of aliphatic hydroxyl groups is 3. The van der Waals surface area contributed by atoms with Gasteiger partial charge in [-0.05, 0) is 25.8 Å². The number of rotatable bonds is 9. The first-order valence-corrected chi connectivity index (χ1v) is 8.88. The van der Waals surface area contributed by atoms with Crippen molar-refractivity contribution in [3.63, 3.8) is 0 Å². The summed E-state index contributed by atoms with van der Waals surface area (Å²) in [4.78, 5) is 21.4. The van der Waals surface area contributed by atoms with Crippen LogP contribution in [0, 0.1) is 5.92 Å². The van der Waals surface area contributed by atoms with Crippen molar-refractivity contribution >= 4 is 5.82 Å². The molecule has 0 radical (unpaired) electrons. The number of nitrogens with zero attached hydrogens (tertiary/aromatic N) is 2. The van der Waals surface area contributed by atoms with E-state index in [1.54, 1.807) is 0 Å². The molecule has 0 aliphatic carbocycles. The molecular weight excluding hydrogens is 358 g/mol. The van der Waals surface area contributed by atoms with Crippen LogP contribution in [0.4, 0.5) is 5.82 Å². The van der Waals surface area contributed by atoms with Gasteiger partial charge < -0.3 is 24.8 Å². The van der Waals surface area contributed by atoms with Gasteiger partial charge in [-0.15, -0.1) is 0 Å². The number of nitrogens with one attached hydrogen (secondary N) is 1. The second-order valence-corrected chi connectivity index (χ2v) is 7.59. The van der Waals surface area contributed by atoms with Crippen molar-refractivity contribution in [1.29, 1.82) is 0 Å². The summed E-state index contributed by atoms with van der Waals surface area (Å²) in [5, 5.41) is 28.9. The smallest absolute Gasteiger partial charge is 0.351 e. The molecule has 1 aliphatic heterocycles. The fourth-order valence-electron chi connectivity index (χ4n) is 2.49. The van der Waals surface area contributed by atoms with Crippen LogP contribution in [0.15, 0.2) is 17.1 Å². The van der Waals surface area contributed by atoms with Gasteiger partial charge in [-0.25, -0.2) is 10.3 Å². The molecule has 4 N–H and O–H groups in total. The van der Waals surface area contributed by atoms with Crippen molar-refractivity contribution < 1.29 is 29.6 Å². The van der Waals surface area contributed by atoms with Gasteiger partial charge in [0.25, 0.3) is 0 Å². The number of aliphatic hydroxyl groups excluding tert-OH is 3. The first kappa shape index (κ1) is 21.7. The molecule has 27 heavy (non-hydrogen) atoms. The van der Waals surface area contributed by atoms with E-state index in [0.717, 1.165) is 4.57 Å². The molecule has 1 aliphatic rings. The van der Waals surface area contributed by atoms with Crippen molar-refractivity contribution in [1.82, 2.24) is 9.55 Å². The molecule has 1 saturated heterocycles. The van der Waals surface area contributed by atoms with Crippen molar-refractivity contribution in [2.75, 3.05) is 25.3 Å². The standard InChI is InChI=1S/C17H29N3O7/c1-10(2)8-25-17(3,4)9-26-19-12-5-6-20(16(24)18-12)15-14(23)13(22)11(7-21)27-15/h5-6,10-11,13-15,21-23H,7-9H2,1-4H3,(H,18,19,24)/t11-,13-,14-,15-/m1/s1. The molecule has 1 aromatic rings. The summed E-state index contributed by atoms with van der Waals surface area (Å²) < 4.78 is 12.1. The normalized spacial score (nSPS) is 25.9. The van der Waals surface area contributed by atoms with E-state index in [1.807, 2.05) is 13.8 Å². The van der Waals surface area contributed by atoms with E-state index < -0.39 is 42.4 Å². The van der Waals surface area contributed by atoms with E-state index in [2.05, 4.69) is 24.3 Å². The van der Waals surface area contributed by atoms with Crippen molar-refractivity contribution in [3.05, 3.63) is 22.7 Å². The Balaban J connectivity index is 1.94. The minimum absolute atomic E-state index is 0.183. The summed E-state index contributed by atoms with van der Waals surface area (Å²) in [5.74, 6) is 0.589. The van der Waals surface area contributed by atoms with Gasteiger partial charge in [0.1, 0.15) is 24.9 Å². The van der Waals surface area contributed by atoms with E-state index in [-0.39, 0.29) is 12.4 Å². The number of aromatic nitrogens is 2. The largest absolute Gasteiger partial charge is 0.394 e. The van der Waals surface area contributed by atoms with Crippen molar-refractivity contribution in [3.8, 4) is 0 Å². The van der Waals surface area contributed by atoms with Gasteiger partial charge >= 0.3 is 5.69 Å². The average molecular weight is 387 g/mol. The fraction of sp³-hybridized carbons (Fsp3) is 0.765. The van der Waals surface area contributed by atoms with Crippen LogP contribution in [0.1, 0.15) is 33.9 Å². The van der Waals surface area contributed by atoms with Gasteiger partial charge in [-0.3, -0.25) is 9.40 Å². The molecule has 0 unspecified atom stereocenters. The molecule has 0 aromatic carbocycles. The Labute approximate surface area is 157 Å². The van der Waals surface area contributed by atoms with Gasteiger partial charge in [0.15, 0.2) is 12.0 Å². The zero-order valence-corrected chi connectivity index (χ0v) is 16.0. The van der Waals surface area contributed by atoms with Gasteiger partial charge in [-0.1, -0.05) is 13.8 Å². The molecule has 1 aromatic heterocycles. The summed E-state index contributed by atoms with van der Waals surface area (Å²) in [6.07, 6.45) is -3.37. The van der Waals surface area contributed by atoms with E-state index in [9.17, 15) is 15.0 Å². The molecule has 154 valence electrons. The number of hydrogen-bond acceptors (Lipinski definition) is 9. The molecule has 0 saturated carbocycles. The number of anilines is 1. The van der Waals surface area contributed by atoms with Crippen LogP contribution in [-0.4, -0.2) is 68.6 Å². The lowest BCUT2D eigenvalue weighted by Crippen LogP contribution is -2.36. The third-order valence-corrected chi connectivity index (χ3v) is 4.03. The van der Waals surface area contributed by atoms with Gasteiger partial charge in [0.05, 0.1) is 12.2 Å². The lowest BCUT2D eigenvalue weighted by molar-refractivity contribution is -0.0739. The van der Waals surface area contributed by atoms with E-state index in [0.29, 0.717) is 12.5 Å². The maximum Gasteiger partial charge on any atom is 0.351 e. The van der Waals surface area contributed by atoms with E-state index >= 15 is 0 Å². The van der Waals surface area contributed by atoms with Gasteiger partial charge in [0.2, 0.25) is 0 Å². The monoisotopic (exact) mass is 387 g/mol. The van der Waals surface area contributed by atoms with E-state index in [4.69, 9.17) is 19.4 Å². The highest BCUT2D eigenvalue weighted by molar-refractivity contribution is 5.28. The Kier molecular flexibility index (Phi) is 7.32. The van der Waals surface area contributed by atoms with Crippen LogP contribution in [-0.2, 0) is 14.3 Å². The van der Waals surface area contributed by atoms with E-state index in [1.165, 1.54) is 12.3 Å². The zero-order valence-electron chi connectivity index (χ0n) is 16.0. The molecule has 10 nitrogen and oxygen atoms in total. The third-order valence-electron chi connectivity index (χ3n) is 4.03. The van der Waals surface area contributed by atoms with Crippen LogP contribution in [0.2, 0.25) is 0 Å². The highest BCUT2D eigenvalue weighted by atomic mass is 16.7. The van der Waals surface area contributed by atoms with Crippen LogP contribution in [0.3, 0.4) is 0 Å². The molecule has 0 spiro atoms. The first-order valence-electron chi connectivity index (χ1n) is 8.88. The highest BCUT2D eigenvalue weighted by Crippen LogP contribution is 2.28. The summed E-state index contributed by atoms with van der Waals surface area (Å²) in [6, 6.07) is 1.47. The fourth-order valence-corrected chi connectivity index (χ4v) is 2.49. The lowest BCUT2D eigenvalue weighted by atomic mass is 10.1. The summed E-state index contributed by atoms with van der Waals surface area (Å²) in [6.45, 7) is 8.27. The molecule has 10 heteroatoms. The Morgan fingerprint density at radius 3 is 2.63 bits per heavy atom. The zero-order chi connectivity index (χ0) is 20.2. The average Bonchev–Trinajstić information content (AvgIpc) is 2.88. The molecule has 0 bridgehead atoms. The van der Waals surface area contributed by atoms with Gasteiger partial charge in [0, 0.05) is 12.8 Å². The maximum atomic E-state index is 12.2. The Morgan fingerprint density at radius 2 is 2.07 bits per heavy atom. The minimum atomic E-state index is -1.35. The van der Waals surface area contributed by atoms with Crippen molar-refractivity contribution in [2.45, 2.75) is 57.8 Å². The second-order valence-electron chi connectivity index (χ2n) is 7.59. The molecule has 1 fully saturated rings. The molecular formula is C17H29N3O7. The van der Waals surface area contributed by atoms with Crippen LogP contribution >= 0.6 is 0 Å². The van der Waals surface area contributed by atoms with Crippen LogP contribution < -0.4 is 11.2 Å². The van der Waals surface area contributed by atoms with Gasteiger partial charge in [-0.2, -0.15) is 4.98 Å². The summed E-state index contributed by atoms with van der Waals surface area (Å²) in [7, 11) is 0. The molecule has 4 atom stereocenters. The predicted octanol–water partition coefficient (Wildman–Crippen LogP) is -0.350. The highest BCUT2D eigenvalue weighted by Gasteiger charge is 2.43. The molecule has 2 rings (SSSR count). The predicted molar refractivity (Wildman–Crippen MR) is 96.0 cm³/mol. The lowest BCUT2D eigenvalue weighted by Gasteiger charge is -2.26. The van der Waals surface area contributed by atoms with Crippen LogP contribution in [0.5, 0.6) is 0 Å². The summed E-state index contributed by atoms with van der Waals surface area (Å²) >= 11 is 0. The molecule has 2 heterocycles. The maximum absolute atomic E-state index is 12.2. The number of ether oxygens (including phenoxy) is 2. The Hall–Kier alpha value is -1.56. The number of hydrogen-bond donors (Lipinski definition) is 4. The van der Waals surface area contributed by atoms with Crippen molar-refractivity contribution in [2.24, 2.45) is 5.92 Å². The minimum Gasteiger partial charge on any atom is -0.394 e. The third kappa shape index (κ3) is 5.71.